The maximum Gasteiger partial charge on any atom is 0.177 e. The van der Waals surface area contributed by atoms with Crippen LogP contribution in [0, 0.1) is 5.92 Å². The molecule has 2 N–H and O–H groups in total. The van der Waals surface area contributed by atoms with Crippen molar-refractivity contribution < 1.29 is 19.7 Å². The van der Waals surface area contributed by atoms with Crippen molar-refractivity contribution in [3.63, 3.8) is 0 Å². The van der Waals surface area contributed by atoms with Gasteiger partial charge in [-0.1, -0.05) is 88.7 Å². The molecule has 2 aliphatic rings. The first kappa shape index (κ1) is 26.0. The Balaban J connectivity index is 1.55. The average Bonchev–Trinajstić information content (AvgIpc) is 3.33. The molecule has 39 heavy (non-hydrogen) atoms. The van der Waals surface area contributed by atoms with Gasteiger partial charge in [0.25, 0.3) is 0 Å². The van der Waals surface area contributed by atoms with Gasteiger partial charge >= 0.3 is 0 Å². The predicted molar refractivity (Wildman–Crippen MR) is 153 cm³/mol. The molecule has 6 nitrogen and oxygen atoms in total. The van der Waals surface area contributed by atoms with E-state index in [9.17, 15) is 10.2 Å². The van der Waals surface area contributed by atoms with Gasteiger partial charge in [0, 0.05) is 29.4 Å². The number of fused-ring (bicyclic) bond motifs is 3. The van der Waals surface area contributed by atoms with Crippen LogP contribution in [0.1, 0.15) is 28.2 Å². The van der Waals surface area contributed by atoms with Gasteiger partial charge in [-0.05, 0) is 35.9 Å². The lowest BCUT2D eigenvalue weighted by molar-refractivity contribution is -0.152. The largest absolute Gasteiger partial charge is 0.495 e. The summed E-state index contributed by atoms with van der Waals surface area (Å²) in [6, 6.07) is 28.1. The molecule has 3 aromatic carbocycles. The first-order valence-electron chi connectivity index (χ1n) is 13.1. The number of nitrogens with zero attached hydrogens (tertiary/aromatic N) is 2. The van der Waals surface area contributed by atoms with Crippen molar-refractivity contribution in [1.82, 2.24) is 9.88 Å². The summed E-state index contributed by atoms with van der Waals surface area (Å²) in [6.07, 6.45) is 2.00. The standard InChI is InChI=1S/C32H31BrN2O4/c1-35(19-21-9-5-3-6-10-21)20-25-28(22-11-7-4-8-12-22)32(23-13-15-24(33)16-14-23)31(37,30(25)36)29-26(38-2)17-34-18-27(29)39-32/h3-18,25,28,30,36-37H,19-20H2,1-2H3/t25-,28?,30-,31?,32?/m1/s1. The number of halogens is 1. The molecule has 0 bridgehead atoms. The SMILES string of the molecule is COc1cncc2c1C1(O)[C@H](O)[C@H](CN(C)Cc3ccccc3)C(c3ccccc3)C1(c1ccc(Br)cc1)O2. The summed E-state index contributed by atoms with van der Waals surface area (Å²) in [5.74, 6) is 0.0324. The number of methoxy groups -OCH3 is 1. The minimum Gasteiger partial charge on any atom is -0.495 e. The van der Waals surface area contributed by atoms with Crippen LogP contribution in [0.3, 0.4) is 0 Å². The number of hydrogen-bond donors (Lipinski definition) is 2. The van der Waals surface area contributed by atoms with Gasteiger partial charge in [-0.25, -0.2) is 0 Å². The third kappa shape index (κ3) is 3.99. The Bertz CT molecular complexity index is 1450. The van der Waals surface area contributed by atoms with Crippen molar-refractivity contribution in [1.29, 1.82) is 0 Å². The maximum absolute atomic E-state index is 12.9. The lowest BCUT2D eigenvalue weighted by atomic mass is 9.70. The van der Waals surface area contributed by atoms with Crippen molar-refractivity contribution in [2.75, 3.05) is 20.7 Å². The molecule has 1 aliphatic carbocycles. The van der Waals surface area contributed by atoms with Crippen molar-refractivity contribution in [2.45, 2.75) is 29.8 Å². The topological polar surface area (TPSA) is 75.0 Å². The van der Waals surface area contributed by atoms with Crippen LogP contribution in [0.25, 0.3) is 0 Å². The van der Waals surface area contributed by atoms with E-state index >= 15 is 0 Å². The van der Waals surface area contributed by atoms with Crippen LogP contribution in [0.2, 0.25) is 0 Å². The smallest absolute Gasteiger partial charge is 0.177 e. The second-order valence-corrected chi connectivity index (χ2v) is 11.4. The molecule has 4 aromatic rings. The van der Waals surface area contributed by atoms with E-state index in [4.69, 9.17) is 9.47 Å². The molecule has 6 rings (SSSR count). The highest BCUT2D eigenvalue weighted by Gasteiger charge is 2.76. The number of aliphatic hydroxyl groups is 2. The Labute approximate surface area is 237 Å². The Hall–Kier alpha value is -3.23. The number of aliphatic hydroxyl groups excluding tert-OH is 1. The van der Waals surface area contributed by atoms with Gasteiger partial charge in [0.05, 0.1) is 31.2 Å². The lowest BCUT2D eigenvalue weighted by Gasteiger charge is -2.41. The highest BCUT2D eigenvalue weighted by molar-refractivity contribution is 9.10. The van der Waals surface area contributed by atoms with E-state index in [2.05, 4.69) is 50.1 Å². The summed E-state index contributed by atoms with van der Waals surface area (Å²) in [6.45, 7) is 1.24. The van der Waals surface area contributed by atoms with E-state index in [1.54, 1.807) is 19.5 Å². The van der Waals surface area contributed by atoms with Gasteiger partial charge < -0.3 is 24.6 Å². The molecule has 3 unspecified atom stereocenters. The molecule has 0 saturated heterocycles. The van der Waals surface area contributed by atoms with Gasteiger partial charge in [-0.2, -0.15) is 0 Å². The fourth-order valence-electron chi connectivity index (χ4n) is 6.75. The van der Waals surface area contributed by atoms with Gasteiger partial charge in [-0.15, -0.1) is 0 Å². The van der Waals surface area contributed by atoms with Gasteiger partial charge in [0.1, 0.15) is 11.5 Å². The summed E-state index contributed by atoms with van der Waals surface area (Å²) >= 11 is 3.55. The fraction of sp³-hybridized carbons (Fsp3) is 0.281. The van der Waals surface area contributed by atoms with Crippen LogP contribution < -0.4 is 9.47 Å². The number of hydrogen-bond acceptors (Lipinski definition) is 6. The summed E-state index contributed by atoms with van der Waals surface area (Å²) < 4.78 is 13.5. The number of rotatable bonds is 7. The Morgan fingerprint density at radius 2 is 1.64 bits per heavy atom. The van der Waals surface area contributed by atoms with Crippen molar-refractivity contribution in [3.05, 3.63) is 124 Å². The molecular formula is C32H31BrN2O4. The third-order valence-electron chi connectivity index (χ3n) is 8.26. The van der Waals surface area contributed by atoms with Gasteiger partial charge in [-0.3, -0.25) is 4.98 Å². The molecule has 5 atom stereocenters. The number of ether oxygens (including phenoxy) is 2. The second-order valence-electron chi connectivity index (χ2n) is 10.5. The average molecular weight is 588 g/mol. The van der Waals surface area contributed by atoms with Crippen molar-refractivity contribution >= 4 is 15.9 Å². The molecule has 0 radical (unpaired) electrons. The minimum atomic E-state index is -1.80. The zero-order chi connectivity index (χ0) is 27.2. The molecule has 2 heterocycles. The first-order valence-corrected chi connectivity index (χ1v) is 13.8. The minimum absolute atomic E-state index is 0.374. The van der Waals surface area contributed by atoms with E-state index in [1.165, 1.54) is 5.56 Å². The van der Waals surface area contributed by atoms with E-state index in [1.807, 2.05) is 67.7 Å². The molecule has 1 fully saturated rings. The number of aromatic nitrogens is 1. The number of benzene rings is 3. The molecule has 7 heteroatoms. The fourth-order valence-corrected chi connectivity index (χ4v) is 7.02. The molecular weight excluding hydrogens is 556 g/mol. The highest BCUT2D eigenvalue weighted by atomic mass is 79.9. The zero-order valence-corrected chi connectivity index (χ0v) is 23.5. The van der Waals surface area contributed by atoms with E-state index in [0.717, 1.165) is 15.6 Å². The molecule has 1 aliphatic heterocycles. The zero-order valence-electron chi connectivity index (χ0n) is 21.9. The van der Waals surface area contributed by atoms with Crippen molar-refractivity contribution in [2.24, 2.45) is 5.92 Å². The maximum atomic E-state index is 12.9. The van der Waals surface area contributed by atoms with Crippen molar-refractivity contribution in [3.8, 4) is 11.5 Å². The Morgan fingerprint density at radius 1 is 0.974 bits per heavy atom. The van der Waals surface area contributed by atoms with Crippen LogP contribution >= 0.6 is 15.9 Å². The van der Waals surface area contributed by atoms with E-state index in [0.29, 0.717) is 30.2 Å². The molecule has 0 amide bonds. The summed E-state index contributed by atoms with van der Waals surface area (Å²) in [5.41, 5.74) is 0.235. The highest BCUT2D eigenvalue weighted by Crippen LogP contribution is 2.69. The predicted octanol–water partition coefficient (Wildman–Crippen LogP) is 5.23. The summed E-state index contributed by atoms with van der Waals surface area (Å²) in [7, 11) is 3.59. The third-order valence-corrected chi connectivity index (χ3v) is 8.79. The quantitative estimate of drug-likeness (QED) is 0.309. The van der Waals surface area contributed by atoms with Crippen LogP contribution in [0.5, 0.6) is 11.5 Å². The van der Waals surface area contributed by atoms with Crippen LogP contribution in [-0.2, 0) is 17.7 Å². The first-order chi connectivity index (χ1) is 18.9. The lowest BCUT2D eigenvalue weighted by Crippen LogP contribution is -2.52. The monoisotopic (exact) mass is 586 g/mol. The van der Waals surface area contributed by atoms with Crippen LogP contribution in [0.15, 0.2) is 102 Å². The second kappa shape index (κ2) is 10.1. The molecule has 200 valence electrons. The Kier molecular flexibility index (Phi) is 6.71. The normalized spacial score (nSPS) is 27.2. The van der Waals surface area contributed by atoms with Gasteiger partial charge in [0.2, 0.25) is 0 Å². The Morgan fingerprint density at radius 3 is 2.31 bits per heavy atom. The van der Waals surface area contributed by atoms with E-state index in [-0.39, 0.29) is 5.92 Å². The summed E-state index contributed by atoms with van der Waals surface area (Å²) in [5, 5.41) is 25.2. The molecule has 1 aromatic heterocycles. The van der Waals surface area contributed by atoms with Crippen LogP contribution in [-0.4, -0.2) is 46.9 Å². The summed E-state index contributed by atoms with van der Waals surface area (Å²) in [4.78, 5) is 6.50. The van der Waals surface area contributed by atoms with Gasteiger partial charge in [0.15, 0.2) is 11.2 Å². The van der Waals surface area contributed by atoms with Crippen LogP contribution in [0.4, 0.5) is 0 Å². The molecule has 1 saturated carbocycles. The number of pyridine rings is 1. The van der Waals surface area contributed by atoms with E-state index < -0.39 is 23.2 Å². The molecule has 0 spiro atoms.